The minimum Gasteiger partial charge on any atom is -0.370 e. The molecule has 0 aromatic heterocycles. The molecule has 0 saturated carbocycles. The Morgan fingerprint density at radius 3 is 2.70 bits per heavy atom. The number of likely N-dealkylation sites (N-methyl/N-ethyl adjacent to an activating group) is 1. The zero-order valence-corrected chi connectivity index (χ0v) is 12.2. The molecule has 1 aliphatic rings. The van der Waals surface area contributed by atoms with Gasteiger partial charge in [0.05, 0.1) is 12.6 Å². The summed E-state index contributed by atoms with van der Waals surface area (Å²) in [5, 5.41) is 0. The van der Waals surface area contributed by atoms with Gasteiger partial charge in [0.25, 0.3) is 0 Å². The fourth-order valence-electron chi connectivity index (χ4n) is 2.60. The van der Waals surface area contributed by atoms with Gasteiger partial charge in [0.2, 0.25) is 0 Å². The molecule has 0 bridgehead atoms. The Kier molecular flexibility index (Phi) is 4.95. The molecule has 2 rings (SSSR count). The topological polar surface area (TPSA) is 44.9 Å². The lowest BCUT2D eigenvalue weighted by atomic mass is 10.1. The van der Waals surface area contributed by atoms with Crippen LogP contribution < -0.4 is 5.73 Å². The molecule has 2 N–H and O–H groups in total. The van der Waals surface area contributed by atoms with Crippen molar-refractivity contribution in [3.8, 4) is 0 Å². The normalized spacial score (nSPS) is 18.7. The number of benzene rings is 1. The van der Waals surface area contributed by atoms with E-state index in [0.29, 0.717) is 18.1 Å². The van der Waals surface area contributed by atoms with E-state index >= 15 is 0 Å². The lowest BCUT2D eigenvalue weighted by molar-refractivity contribution is 0.246. The van der Waals surface area contributed by atoms with Crippen molar-refractivity contribution < 1.29 is 4.39 Å². The molecule has 0 aliphatic carbocycles. The summed E-state index contributed by atoms with van der Waals surface area (Å²) in [7, 11) is 0. The molecule has 1 heterocycles. The average molecular weight is 278 g/mol. The van der Waals surface area contributed by atoms with Crippen molar-refractivity contribution in [1.29, 1.82) is 0 Å². The standard InChI is InChI=1S/C15H23FN4/c1-3-19(4-2)9-10-20-14(11-18-15(20)17)12-7-5-6-8-13(12)16/h5-8,14H,3-4,9-11H2,1-2H3,(H2,17,18). The Hall–Kier alpha value is -1.62. The Bertz CT molecular complexity index is 471. The van der Waals surface area contributed by atoms with E-state index in [1.165, 1.54) is 6.07 Å². The summed E-state index contributed by atoms with van der Waals surface area (Å²) in [6.45, 7) is 8.51. The summed E-state index contributed by atoms with van der Waals surface area (Å²) in [4.78, 5) is 8.62. The molecular formula is C15H23FN4. The monoisotopic (exact) mass is 278 g/mol. The van der Waals surface area contributed by atoms with E-state index in [-0.39, 0.29) is 11.9 Å². The number of hydrogen-bond acceptors (Lipinski definition) is 4. The largest absolute Gasteiger partial charge is 0.370 e. The van der Waals surface area contributed by atoms with Crippen LogP contribution in [0.1, 0.15) is 25.5 Å². The molecule has 20 heavy (non-hydrogen) atoms. The molecule has 4 nitrogen and oxygen atoms in total. The number of nitrogens with zero attached hydrogens (tertiary/aromatic N) is 3. The molecular weight excluding hydrogens is 255 g/mol. The minimum atomic E-state index is -0.185. The van der Waals surface area contributed by atoms with Crippen LogP contribution in [0.3, 0.4) is 0 Å². The molecule has 0 spiro atoms. The highest BCUT2D eigenvalue weighted by Crippen LogP contribution is 2.27. The van der Waals surface area contributed by atoms with Gasteiger partial charge in [-0.2, -0.15) is 0 Å². The van der Waals surface area contributed by atoms with Gasteiger partial charge < -0.3 is 15.5 Å². The predicted octanol–water partition coefficient (Wildman–Crippen LogP) is 1.84. The Labute approximate surface area is 120 Å². The van der Waals surface area contributed by atoms with Crippen molar-refractivity contribution in [2.24, 2.45) is 10.7 Å². The van der Waals surface area contributed by atoms with Crippen LogP contribution in [0.25, 0.3) is 0 Å². The smallest absolute Gasteiger partial charge is 0.191 e. The van der Waals surface area contributed by atoms with Gasteiger partial charge in [-0.3, -0.25) is 4.99 Å². The van der Waals surface area contributed by atoms with Crippen LogP contribution in [0.5, 0.6) is 0 Å². The summed E-state index contributed by atoms with van der Waals surface area (Å²) in [5.74, 6) is 0.334. The summed E-state index contributed by atoms with van der Waals surface area (Å²) >= 11 is 0. The second kappa shape index (κ2) is 6.70. The van der Waals surface area contributed by atoms with Crippen molar-refractivity contribution in [3.05, 3.63) is 35.6 Å². The molecule has 1 atom stereocenters. The van der Waals surface area contributed by atoms with Gasteiger partial charge in [-0.25, -0.2) is 4.39 Å². The zero-order valence-electron chi connectivity index (χ0n) is 12.2. The SMILES string of the molecule is CCN(CC)CCN1C(N)=NCC1c1ccccc1F. The van der Waals surface area contributed by atoms with Gasteiger partial charge in [-0.05, 0) is 19.2 Å². The van der Waals surface area contributed by atoms with Crippen molar-refractivity contribution in [2.45, 2.75) is 19.9 Å². The third kappa shape index (κ3) is 3.10. The van der Waals surface area contributed by atoms with Gasteiger partial charge >= 0.3 is 0 Å². The maximum absolute atomic E-state index is 13.9. The van der Waals surface area contributed by atoms with E-state index in [1.807, 2.05) is 17.0 Å². The first-order chi connectivity index (χ1) is 9.67. The fraction of sp³-hybridized carbons (Fsp3) is 0.533. The molecule has 110 valence electrons. The van der Waals surface area contributed by atoms with E-state index in [4.69, 9.17) is 5.73 Å². The molecule has 0 saturated heterocycles. The van der Waals surface area contributed by atoms with Crippen molar-refractivity contribution in [3.63, 3.8) is 0 Å². The summed E-state index contributed by atoms with van der Waals surface area (Å²) in [5.41, 5.74) is 6.64. The van der Waals surface area contributed by atoms with Crippen molar-refractivity contribution >= 4 is 5.96 Å². The van der Waals surface area contributed by atoms with E-state index < -0.39 is 0 Å². The Morgan fingerprint density at radius 1 is 1.35 bits per heavy atom. The predicted molar refractivity (Wildman–Crippen MR) is 80.1 cm³/mol. The van der Waals surface area contributed by atoms with E-state index in [9.17, 15) is 4.39 Å². The van der Waals surface area contributed by atoms with Crippen LogP contribution in [0.2, 0.25) is 0 Å². The molecule has 5 heteroatoms. The molecule has 1 aromatic rings. The Morgan fingerprint density at radius 2 is 2.05 bits per heavy atom. The van der Waals surface area contributed by atoms with Crippen LogP contribution in [0, 0.1) is 5.82 Å². The average Bonchev–Trinajstić information content (AvgIpc) is 2.82. The Balaban J connectivity index is 2.09. The van der Waals surface area contributed by atoms with E-state index in [2.05, 4.69) is 23.7 Å². The second-order valence-electron chi connectivity index (χ2n) is 4.96. The third-order valence-corrected chi connectivity index (χ3v) is 3.91. The van der Waals surface area contributed by atoms with E-state index in [0.717, 1.165) is 26.2 Å². The maximum Gasteiger partial charge on any atom is 0.191 e. The molecule has 1 aliphatic heterocycles. The summed E-state index contributed by atoms with van der Waals surface area (Å²) in [6.07, 6.45) is 0. The van der Waals surface area contributed by atoms with Gasteiger partial charge in [0, 0.05) is 18.7 Å². The third-order valence-electron chi connectivity index (χ3n) is 3.91. The van der Waals surface area contributed by atoms with E-state index in [1.54, 1.807) is 6.07 Å². The van der Waals surface area contributed by atoms with Crippen molar-refractivity contribution in [1.82, 2.24) is 9.80 Å². The first kappa shape index (κ1) is 14.8. The minimum absolute atomic E-state index is 0.0771. The number of aliphatic imine (C=N–C) groups is 1. The number of hydrogen-bond donors (Lipinski definition) is 1. The van der Waals surface area contributed by atoms with Gasteiger partial charge in [0.1, 0.15) is 5.82 Å². The van der Waals surface area contributed by atoms with Crippen LogP contribution in [-0.2, 0) is 0 Å². The highest BCUT2D eigenvalue weighted by Gasteiger charge is 2.29. The molecule has 0 fully saturated rings. The molecule has 1 aromatic carbocycles. The first-order valence-electron chi connectivity index (χ1n) is 7.20. The lowest BCUT2D eigenvalue weighted by Crippen LogP contribution is -2.41. The maximum atomic E-state index is 13.9. The molecule has 0 radical (unpaired) electrons. The number of rotatable bonds is 6. The number of guanidine groups is 1. The van der Waals surface area contributed by atoms with Crippen LogP contribution in [-0.4, -0.2) is 48.5 Å². The van der Waals surface area contributed by atoms with Crippen LogP contribution >= 0.6 is 0 Å². The van der Waals surface area contributed by atoms with Crippen LogP contribution in [0.4, 0.5) is 4.39 Å². The van der Waals surface area contributed by atoms with Gasteiger partial charge in [0.15, 0.2) is 5.96 Å². The first-order valence-corrected chi connectivity index (χ1v) is 7.20. The van der Waals surface area contributed by atoms with Gasteiger partial charge in [-0.1, -0.05) is 32.0 Å². The second-order valence-corrected chi connectivity index (χ2v) is 4.96. The van der Waals surface area contributed by atoms with Gasteiger partial charge in [-0.15, -0.1) is 0 Å². The molecule has 1 unspecified atom stereocenters. The quantitative estimate of drug-likeness (QED) is 0.863. The summed E-state index contributed by atoms with van der Waals surface area (Å²) in [6, 6.07) is 6.80. The highest BCUT2D eigenvalue weighted by atomic mass is 19.1. The summed E-state index contributed by atoms with van der Waals surface area (Å²) < 4.78 is 13.9. The highest BCUT2D eigenvalue weighted by molar-refractivity contribution is 5.80. The van der Waals surface area contributed by atoms with Crippen LogP contribution in [0.15, 0.2) is 29.3 Å². The fourth-order valence-corrected chi connectivity index (χ4v) is 2.60. The van der Waals surface area contributed by atoms with Crippen molar-refractivity contribution in [2.75, 3.05) is 32.7 Å². The zero-order chi connectivity index (χ0) is 14.5. The lowest BCUT2D eigenvalue weighted by Gasteiger charge is -2.29. The number of nitrogens with two attached hydrogens (primary N) is 1. The number of halogens is 1. The molecule has 0 amide bonds.